The number of carbonyl (C=O) groups is 1. The topological polar surface area (TPSA) is 75.4 Å². The van der Waals surface area contributed by atoms with Crippen LogP contribution in [0.25, 0.3) is 0 Å². The minimum Gasteiger partial charge on any atom is -0.445 e. The largest absolute Gasteiger partial charge is 0.445 e. The third-order valence-corrected chi connectivity index (χ3v) is 4.10. The highest BCUT2D eigenvalue weighted by molar-refractivity contribution is 9.10. The van der Waals surface area contributed by atoms with Crippen molar-refractivity contribution in [2.75, 3.05) is 6.54 Å². The van der Waals surface area contributed by atoms with Gasteiger partial charge < -0.3 is 14.8 Å². The molecule has 5 nitrogen and oxygen atoms in total. The van der Waals surface area contributed by atoms with Crippen molar-refractivity contribution in [1.82, 2.24) is 10.3 Å². The number of carbonyl (C=O) groups excluding carboxylic acids is 1. The lowest BCUT2D eigenvalue weighted by atomic mass is 9.96. The number of halogens is 1. The van der Waals surface area contributed by atoms with Crippen molar-refractivity contribution in [2.45, 2.75) is 32.8 Å². The van der Waals surface area contributed by atoms with Crippen molar-refractivity contribution in [2.24, 2.45) is 0 Å². The van der Waals surface area contributed by atoms with Gasteiger partial charge in [0.15, 0.2) is 11.6 Å². The summed E-state index contributed by atoms with van der Waals surface area (Å²) in [5.41, 5.74) is -0.220. The molecule has 0 aliphatic rings. The molecule has 22 heavy (non-hydrogen) atoms. The molecule has 0 radical (unpaired) electrons. The van der Waals surface area contributed by atoms with E-state index in [0.29, 0.717) is 23.6 Å². The van der Waals surface area contributed by atoms with Gasteiger partial charge in [-0.25, -0.2) is 4.98 Å². The fourth-order valence-corrected chi connectivity index (χ4v) is 2.85. The highest BCUT2D eigenvalue weighted by atomic mass is 79.9. The van der Waals surface area contributed by atoms with Crippen molar-refractivity contribution >= 4 is 21.8 Å². The number of nitrogens with one attached hydrogen (secondary N) is 1. The van der Waals surface area contributed by atoms with Crippen LogP contribution >= 0.6 is 15.9 Å². The third kappa shape index (κ3) is 3.56. The van der Waals surface area contributed by atoms with Gasteiger partial charge in [0.25, 0.3) is 5.91 Å². The number of aliphatic hydroxyl groups is 1. The minimum absolute atomic E-state index is 0.0716. The van der Waals surface area contributed by atoms with Gasteiger partial charge in [-0.15, -0.1) is 0 Å². The van der Waals surface area contributed by atoms with Crippen LogP contribution in [-0.4, -0.2) is 22.5 Å². The quantitative estimate of drug-likeness (QED) is 0.852. The predicted molar refractivity (Wildman–Crippen MR) is 86.7 cm³/mol. The van der Waals surface area contributed by atoms with Crippen LogP contribution < -0.4 is 5.32 Å². The lowest BCUT2D eigenvalue weighted by molar-refractivity contribution is 0.0518. The normalized spacial score (nSPS) is 13.7. The number of hydrogen-bond donors (Lipinski definition) is 2. The second-order valence-corrected chi connectivity index (χ2v) is 6.16. The molecule has 2 N–H and O–H groups in total. The van der Waals surface area contributed by atoms with Crippen LogP contribution in [0.15, 0.2) is 33.2 Å². The molecule has 1 aromatic carbocycles. The summed E-state index contributed by atoms with van der Waals surface area (Å²) < 4.78 is 6.17. The van der Waals surface area contributed by atoms with Crippen LogP contribution in [0.1, 0.15) is 41.6 Å². The van der Waals surface area contributed by atoms with E-state index in [-0.39, 0.29) is 18.1 Å². The Morgan fingerprint density at radius 1 is 1.45 bits per heavy atom. The monoisotopic (exact) mass is 366 g/mol. The highest BCUT2D eigenvalue weighted by Gasteiger charge is 2.27. The second-order valence-electron chi connectivity index (χ2n) is 5.30. The maximum absolute atomic E-state index is 12.2. The van der Waals surface area contributed by atoms with E-state index in [1.165, 1.54) is 0 Å². The maximum Gasteiger partial charge on any atom is 0.273 e. The summed E-state index contributed by atoms with van der Waals surface area (Å²) in [4.78, 5) is 16.4. The molecule has 2 rings (SSSR count). The zero-order chi connectivity index (χ0) is 16.3. The Balaban J connectivity index is 2.10. The molecule has 0 saturated heterocycles. The molecule has 1 heterocycles. The first-order valence-corrected chi connectivity index (χ1v) is 7.86. The molecule has 0 spiro atoms. The molecular weight excluding hydrogens is 348 g/mol. The van der Waals surface area contributed by atoms with Crippen LogP contribution in [0.3, 0.4) is 0 Å². The summed E-state index contributed by atoms with van der Waals surface area (Å²) >= 11 is 3.41. The summed E-state index contributed by atoms with van der Waals surface area (Å²) in [6.07, 6.45) is 0.628. The number of benzene rings is 1. The summed E-state index contributed by atoms with van der Waals surface area (Å²) in [7, 11) is 0. The Hall–Kier alpha value is -1.66. The number of oxazole rings is 1. The molecule has 1 unspecified atom stereocenters. The number of nitrogens with zero attached hydrogens (tertiary/aromatic N) is 1. The van der Waals surface area contributed by atoms with Crippen molar-refractivity contribution in [3.05, 3.63) is 51.6 Å². The zero-order valence-corrected chi connectivity index (χ0v) is 14.4. The number of rotatable bonds is 5. The molecule has 0 aliphatic carbocycles. The Bertz CT molecular complexity index is 680. The van der Waals surface area contributed by atoms with Gasteiger partial charge in [-0.3, -0.25) is 4.79 Å². The van der Waals surface area contributed by atoms with E-state index < -0.39 is 5.60 Å². The lowest BCUT2D eigenvalue weighted by Crippen LogP contribution is -2.39. The van der Waals surface area contributed by atoms with E-state index in [4.69, 9.17) is 4.42 Å². The standard InChI is InChI=1S/C16H19BrN2O3/c1-4-13-19-14(10(2)22-13)15(20)18-9-16(3,21)11-7-5-6-8-12(11)17/h5-8,21H,4,9H2,1-3H3,(H,18,20). The fourth-order valence-electron chi connectivity index (χ4n) is 2.14. The molecule has 0 bridgehead atoms. The average Bonchev–Trinajstić information content (AvgIpc) is 2.86. The van der Waals surface area contributed by atoms with Crippen LogP contribution in [0, 0.1) is 6.92 Å². The molecule has 1 atom stereocenters. The predicted octanol–water partition coefficient (Wildman–Crippen LogP) is 2.95. The number of aryl methyl sites for hydroxylation is 2. The molecule has 2 aromatic rings. The van der Waals surface area contributed by atoms with Gasteiger partial charge in [0.1, 0.15) is 11.4 Å². The molecule has 118 valence electrons. The Labute approximate surface area is 137 Å². The highest BCUT2D eigenvalue weighted by Crippen LogP contribution is 2.27. The van der Waals surface area contributed by atoms with Gasteiger partial charge in [0.05, 0.1) is 6.54 Å². The van der Waals surface area contributed by atoms with Gasteiger partial charge >= 0.3 is 0 Å². The third-order valence-electron chi connectivity index (χ3n) is 3.41. The number of aromatic nitrogens is 1. The van der Waals surface area contributed by atoms with E-state index in [2.05, 4.69) is 26.2 Å². The first kappa shape index (κ1) is 16.7. The summed E-state index contributed by atoms with van der Waals surface area (Å²) in [6, 6.07) is 7.37. The number of amides is 1. The molecule has 1 amide bonds. The molecule has 0 fully saturated rings. The first-order chi connectivity index (χ1) is 10.3. The van der Waals surface area contributed by atoms with Crippen molar-refractivity contribution < 1.29 is 14.3 Å². The van der Waals surface area contributed by atoms with Gasteiger partial charge in [-0.1, -0.05) is 41.1 Å². The van der Waals surface area contributed by atoms with E-state index in [1.54, 1.807) is 13.8 Å². The van der Waals surface area contributed by atoms with Crippen LogP contribution in [-0.2, 0) is 12.0 Å². The second kappa shape index (κ2) is 6.62. The molecule has 6 heteroatoms. The number of hydrogen-bond acceptors (Lipinski definition) is 4. The van der Waals surface area contributed by atoms with E-state index in [9.17, 15) is 9.90 Å². The van der Waals surface area contributed by atoms with E-state index >= 15 is 0 Å². The van der Waals surface area contributed by atoms with E-state index in [0.717, 1.165) is 4.47 Å². The smallest absolute Gasteiger partial charge is 0.273 e. The van der Waals surface area contributed by atoms with Crippen molar-refractivity contribution in [3.63, 3.8) is 0 Å². The Morgan fingerprint density at radius 2 is 2.14 bits per heavy atom. The molecular formula is C16H19BrN2O3. The fraction of sp³-hybridized carbons (Fsp3) is 0.375. The van der Waals surface area contributed by atoms with Crippen LogP contribution in [0.2, 0.25) is 0 Å². The van der Waals surface area contributed by atoms with Crippen molar-refractivity contribution in [1.29, 1.82) is 0 Å². The SMILES string of the molecule is CCc1nc(C(=O)NCC(C)(O)c2ccccc2Br)c(C)o1. The molecule has 1 aromatic heterocycles. The average molecular weight is 367 g/mol. The molecule has 0 saturated carbocycles. The van der Waals surface area contributed by atoms with E-state index in [1.807, 2.05) is 31.2 Å². The van der Waals surface area contributed by atoms with Gasteiger partial charge in [-0.05, 0) is 25.5 Å². The van der Waals surface area contributed by atoms with Gasteiger partial charge in [-0.2, -0.15) is 0 Å². The van der Waals surface area contributed by atoms with Crippen LogP contribution in [0.4, 0.5) is 0 Å². The van der Waals surface area contributed by atoms with Gasteiger partial charge in [0.2, 0.25) is 0 Å². The van der Waals surface area contributed by atoms with Crippen LogP contribution in [0.5, 0.6) is 0 Å². The molecule has 0 aliphatic heterocycles. The first-order valence-electron chi connectivity index (χ1n) is 7.07. The zero-order valence-electron chi connectivity index (χ0n) is 12.8. The summed E-state index contributed by atoms with van der Waals surface area (Å²) in [5, 5.41) is 13.3. The summed E-state index contributed by atoms with van der Waals surface area (Å²) in [6.45, 7) is 5.33. The minimum atomic E-state index is -1.19. The Kier molecular flexibility index (Phi) is 5.03. The lowest BCUT2D eigenvalue weighted by Gasteiger charge is -2.25. The Morgan fingerprint density at radius 3 is 2.73 bits per heavy atom. The summed E-state index contributed by atoms with van der Waals surface area (Å²) in [5.74, 6) is 0.656. The maximum atomic E-state index is 12.2. The van der Waals surface area contributed by atoms with Crippen molar-refractivity contribution in [3.8, 4) is 0 Å². The van der Waals surface area contributed by atoms with Gasteiger partial charge in [0, 0.05) is 10.9 Å².